The highest BCUT2D eigenvalue weighted by molar-refractivity contribution is 5.75. The van der Waals surface area contributed by atoms with E-state index < -0.39 is 0 Å². The summed E-state index contributed by atoms with van der Waals surface area (Å²) in [4.78, 5) is 17.1. The lowest BCUT2D eigenvalue weighted by Crippen LogP contribution is -2.10. The van der Waals surface area contributed by atoms with Gasteiger partial charge in [-0.1, -0.05) is 0 Å². The molecule has 4 rings (SSSR count). The Kier molecular flexibility index (Phi) is 3.77. The number of nitrogens with zero attached hydrogens (tertiary/aromatic N) is 6. The van der Waals surface area contributed by atoms with Crippen molar-refractivity contribution in [3.63, 3.8) is 0 Å². The first-order valence-corrected chi connectivity index (χ1v) is 7.69. The standard InChI is InChI=1S/C17H14FN7/c1-11(14-3-2-12(18)8-21-14)23-16-4-5-20-17(24-16)13-9-22-25-7-6-19-10-15(13)25/h2-11H,1H3,(H,20,23,24). The Balaban J connectivity index is 1.62. The summed E-state index contributed by atoms with van der Waals surface area (Å²) in [5.41, 5.74) is 2.35. The summed E-state index contributed by atoms with van der Waals surface area (Å²) in [7, 11) is 0. The average Bonchev–Trinajstić information content (AvgIpc) is 3.06. The molecule has 1 N–H and O–H groups in total. The zero-order valence-electron chi connectivity index (χ0n) is 13.3. The van der Waals surface area contributed by atoms with Crippen molar-refractivity contribution < 1.29 is 4.39 Å². The molecule has 0 aliphatic rings. The molecule has 124 valence electrons. The third-order valence-corrected chi connectivity index (χ3v) is 3.78. The number of pyridine rings is 1. The van der Waals surface area contributed by atoms with Crippen LogP contribution < -0.4 is 5.32 Å². The summed E-state index contributed by atoms with van der Waals surface area (Å²) in [5, 5.41) is 7.52. The highest BCUT2D eigenvalue weighted by atomic mass is 19.1. The predicted molar refractivity (Wildman–Crippen MR) is 90.2 cm³/mol. The second-order valence-corrected chi connectivity index (χ2v) is 5.50. The average molecular weight is 335 g/mol. The molecule has 0 amide bonds. The van der Waals surface area contributed by atoms with Crippen LogP contribution in [0.25, 0.3) is 16.9 Å². The Morgan fingerprint density at radius 3 is 2.84 bits per heavy atom. The van der Waals surface area contributed by atoms with Crippen LogP contribution >= 0.6 is 0 Å². The molecule has 0 aliphatic carbocycles. The van der Waals surface area contributed by atoms with Crippen molar-refractivity contribution in [2.24, 2.45) is 0 Å². The molecule has 0 radical (unpaired) electrons. The highest BCUT2D eigenvalue weighted by Crippen LogP contribution is 2.22. The molecule has 0 bridgehead atoms. The largest absolute Gasteiger partial charge is 0.362 e. The van der Waals surface area contributed by atoms with Gasteiger partial charge in [0, 0.05) is 18.6 Å². The zero-order valence-corrected chi connectivity index (χ0v) is 13.3. The van der Waals surface area contributed by atoms with E-state index in [4.69, 9.17) is 0 Å². The molecule has 8 heteroatoms. The number of rotatable bonds is 4. The lowest BCUT2D eigenvalue weighted by Gasteiger charge is -2.14. The number of aromatic nitrogens is 6. The van der Waals surface area contributed by atoms with Gasteiger partial charge in [0.2, 0.25) is 0 Å². The Bertz CT molecular complexity index is 1010. The van der Waals surface area contributed by atoms with E-state index in [1.807, 2.05) is 6.92 Å². The van der Waals surface area contributed by atoms with E-state index in [1.165, 1.54) is 12.3 Å². The molecule has 4 heterocycles. The third kappa shape index (κ3) is 3.01. The lowest BCUT2D eigenvalue weighted by molar-refractivity contribution is 0.617. The van der Waals surface area contributed by atoms with Crippen LogP contribution in [0, 0.1) is 5.82 Å². The van der Waals surface area contributed by atoms with Gasteiger partial charge in [0.25, 0.3) is 0 Å². The zero-order chi connectivity index (χ0) is 17.2. The monoisotopic (exact) mass is 335 g/mol. The SMILES string of the molecule is CC(Nc1ccnc(-c2cnn3ccncc23)n1)c1ccc(F)cn1. The minimum Gasteiger partial charge on any atom is -0.362 e. The van der Waals surface area contributed by atoms with Gasteiger partial charge in [-0.25, -0.2) is 18.9 Å². The minimum absolute atomic E-state index is 0.131. The van der Waals surface area contributed by atoms with Crippen LogP contribution in [0.1, 0.15) is 18.7 Å². The molecule has 1 unspecified atom stereocenters. The van der Waals surface area contributed by atoms with Gasteiger partial charge in [-0.15, -0.1) is 0 Å². The molecule has 7 nitrogen and oxygen atoms in total. The van der Waals surface area contributed by atoms with Crippen molar-refractivity contribution >= 4 is 11.3 Å². The Hall–Kier alpha value is -3.42. The van der Waals surface area contributed by atoms with Crippen molar-refractivity contribution in [3.05, 3.63) is 66.9 Å². The number of fused-ring (bicyclic) bond motifs is 1. The summed E-state index contributed by atoms with van der Waals surface area (Å²) in [5.74, 6) is 0.834. The van der Waals surface area contributed by atoms with E-state index in [2.05, 4.69) is 30.4 Å². The van der Waals surface area contributed by atoms with Crippen LogP contribution in [0.5, 0.6) is 0 Å². The lowest BCUT2D eigenvalue weighted by atomic mass is 10.2. The fourth-order valence-electron chi connectivity index (χ4n) is 2.51. The summed E-state index contributed by atoms with van der Waals surface area (Å²) in [6.07, 6.45) is 9.74. The minimum atomic E-state index is -0.359. The normalized spacial score (nSPS) is 12.2. The maximum atomic E-state index is 13.0. The van der Waals surface area contributed by atoms with E-state index in [9.17, 15) is 4.39 Å². The first-order chi connectivity index (χ1) is 12.2. The van der Waals surface area contributed by atoms with E-state index in [1.54, 1.807) is 47.6 Å². The first-order valence-electron chi connectivity index (χ1n) is 7.69. The number of nitrogens with one attached hydrogen (secondary N) is 1. The molecule has 4 aromatic rings. The Morgan fingerprint density at radius 2 is 2.00 bits per heavy atom. The Morgan fingerprint density at radius 1 is 1.08 bits per heavy atom. The van der Waals surface area contributed by atoms with Crippen molar-refractivity contribution in [2.75, 3.05) is 5.32 Å². The molecule has 0 spiro atoms. The summed E-state index contributed by atoms with van der Waals surface area (Å²) < 4.78 is 14.7. The van der Waals surface area contributed by atoms with Crippen LogP contribution in [0.15, 0.2) is 55.4 Å². The smallest absolute Gasteiger partial charge is 0.165 e. The molecule has 0 aliphatic heterocycles. The number of halogens is 1. The molecule has 0 saturated carbocycles. The predicted octanol–water partition coefficient (Wildman–Crippen LogP) is 2.89. The first kappa shape index (κ1) is 15.1. The number of hydrogen-bond donors (Lipinski definition) is 1. The second-order valence-electron chi connectivity index (χ2n) is 5.50. The van der Waals surface area contributed by atoms with Crippen molar-refractivity contribution in [3.8, 4) is 11.4 Å². The topological polar surface area (TPSA) is 80.9 Å². The van der Waals surface area contributed by atoms with E-state index in [0.29, 0.717) is 11.6 Å². The fraction of sp³-hybridized carbons (Fsp3) is 0.118. The van der Waals surface area contributed by atoms with Crippen LogP contribution in [-0.4, -0.2) is 29.5 Å². The maximum absolute atomic E-state index is 13.0. The Labute approximate surface area is 142 Å². The van der Waals surface area contributed by atoms with Crippen LogP contribution in [0.2, 0.25) is 0 Å². The molecule has 25 heavy (non-hydrogen) atoms. The fourth-order valence-corrected chi connectivity index (χ4v) is 2.51. The third-order valence-electron chi connectivity index (χ3n) is 3.78. The molecule has 0 saturated heterocycles. The number of hydrogen-bond acceptors (Lipinski definition) is 6. The van der Waals surface area contributed by atoms with Gasteiger partial charge in [0.15, 0.2) is 5.82 Å². The second kappa shape index (κ2) is 6.23. The maximum Gasteiger partial charge on any atom is 0.165 e. The van der Waals surface area contributed by atoms with Crippen LogP contribution in [0.4, 0.5) is 10.2 Å². The van der Waals surface area contributed by atoms with Gasteiger partial charge < -0.3 is 5.32 Å². The molecule has 4 aromatic heterocycles. The molecule has 0 fully saturated rings. The van der Waals surface area contributed by atoms with Gasteiger partial charge >= 0.3 is 0 Å². The van der Waals surface area contributed by atoms with Gasteiger partial charge in [0.1, 0.15) is 11.6 Å². The van der Waals surface area contributed by atoms with Crippen LogP contribution in [0.3, 0.4) is 0 Å². The quantitative estimate of drug-likeness (QED) is 0.618. The van der Waals surface area contributed by atoms with Gasteiger partial charge in [0.05, 0.1) is 41.4 Å². The van der Waals surface area contributed by atoms with Gasteiger partial charge in [-0.2, -0.15) is 5.10 Å². The summed E-state index contributed by atoms with van der Waals surface area (Å²) >= 11 is 0. The molecular formula is C17H14FN7. The molecule has 1 atom stereocenters. The summed E-state index contributed by atoms with van der Waals surface area (Å²) in [6.45, 7) is 1.93. The van der Waals surface area contributed by atoms with Crippen molar-refractivity contribution in [1.82, 2.24) is 29.5 Å². The van der Waals surface area contributed by atoms with Crippen LogP contribution in [-0.2, 0) is 0 Å². The highest BCUT2D eigenvalue weighted by Gasteiger charge is 2.12. The van der Waals surface area contributed by atoms with E-state index in [-0.39, 0.29) is 11.9 Å². The number of anilines is 1. The van der Waals surface area contributed by atoms with Crippen molar-refractivity contribution in [1.29, 1.82) is 0 Å². The molecular weight excluding hydrogens is 321 g/mol. The molecule has 0 aromatic carbocycles. The van der Waals surface area contributed by atoms with E-state index in [0.717, 1.165) is 16.8 Å². The van der Waals surface area contributed by atoms with Crippen molar-refractivity contribution in [2.45, 2.75) is 13.0 Å². The summed E-state index contributed by atoms with van der Waals surface area (Å²) in [6, 6.07) is 4.67. The van der Waals surface area contributed by atoms with E-state index >= 15 is 0 Å². The van der Waals surface area contributed by atoms with Gasteiger partial charge in [-0.05, 0) is 25.1 Å². The van der Waals surface area contributed by atoms with Gasteiger partial charge in [-0.3, -0.25) is 9.97 Å².